The minimum Gasteiger partial charge on any atom is -0.466 e. The van der Waals surface area contributed by atoms with Gasteiger partial charge in [0.15, 0.2) is 0 Å². The number of hydrogen-bond donors (Lipinski definition) is 0. The molecule has 0 saturated carbocycles. The maximum Gasteiger partial charge on any atom is 0.257 e. The lowest BCUT2D eigenvalue weighted by atomic mass is 10.1. The molecule has 1 atom stereocenters. The van der Waals surface area contributed by atoms with Crippen molar-refractivity contribution in [3.05, 3.63) is 22.6 Å². The summed E-state index contributed by atoms with van der Waals surface area (Å²) in [5.41, 5.74) is 1.66. The van der Waals surface area contributed by atoms with Crippen LogP contribution in [-0.2, 0) is 0 Å². The lowest BCUT2D eigenvalue weighted by Gasteiger charge is -2.15. The average molecular weight is 242 g/mol. The molecule has 1 aliphatic heterocycles. The molecule has 0 bridgehead atoms. The number of alkyl halides is 1. The van der Waals surface area contributed by atoms with Gasteiger partial charge in [-0.3, -0.25) is 4.79 Å². The van der Waals surface area contributed by atoms with E-state index in [1.54, 1.807) is 0 Å². The van der Waals surface area contributed by atoms with E-state index in [0.29, 0.717) is 17.9 Å². The number of carbonyl (C=O) groups is 1. The predicted octanol–water partition coefficient (Wildman–Crippen LogP) is 2.66. The number of aryl methyl sites for hydroxylation is 2. The Kier molecular flexibility index (Phi) is 2.98. The van der Waals surface area contributed by atoms with E-state index in [-0.39, 0.29) is 11.3 Å². The van der Waals surface area contributed by atoms with Gasteiger partial charge < -0.3 is 9.32 Å². The number of nitrogens with zero attached hydrogens (tertiary/aromatic N) is 1. The van der Waals surface area contributed by atoms with Gasteiger partial charge in [-0.25, -0.2) is 0 Å². The molecule has 2 rings (SSSR count). The smallest absolute Gasteiger partial charge is 0.257 e. The predicted molar refractivity (Wildman–Crippen MR) is 63.1 cm³/mol. The van der Waals surface area contributed by atoms with E-state index in [1.807, 2.05) is 25.7 Å². The first-order valence-corrected chi connectivity index (χ1v) is 5.94. The van der Waals surface area contributed by atoms with Gasteiger partial charge in [0.05, 0.1) is 10.9 Å². The van der Waals surface area contributed by atoms with Gasteiger partial charge in [-0.05, 0) is 27.2 Å². The number of rotatable bonds is 1. The number of carbonyl (C=O) groups excluding carboxylic acids is 1. The van der Waals surface area contributed by atoms with Crippen LogP contribution in [0.3, 0.4) is 0 Å². The molecule has 2 heterocycles. The van der Waals surface area contributed by atoms with Crippen LogP contribution in [0.25, 0.3) is 0 Å². The molecule has 0 aromatic carbocycles. The second-order valence-corrected chi connectivity index (χ2v) is 4.97. The SMILES string of the molecule is Cc1oc(C)c(C(=O)N2CCC(Cl)C2)c1C. The first-order chi connectivity index (χ1) is 7.50. The highest BCUT2D eigenvalue weighted by molar-refractivity contribution is 6.21. The van der Waals surface area contributed by atoms with Gasteiger partial charge in [-0.1, -0.05) is 0 Å². The van der Waals surface area contributed by atoms with Crippen LogP contribution in [0.2, 0.25) is 0 Å². The molecule has 1 saturated heterocycles. The van der Waals surface area contributed by atoms with Crippen molar-refractivity contribution in [1.29, 1.82) is 0 Å². The van der Waals surface area contributed by atoms with Crippen LogP contribution in [0.15, 0.2) is 4.42 Å². The van der Waals surface area contributed by atoms with Crippen molar-refractivity contribution < 1.29 is 9.21 Å². The Morgan fingerprint density at radius 2 is 2.06 bits per heavy atom. The number of halogens is 1. The van der Waals surface area contributed by atoms with Gasteiger partial charge in [-0.2, -0.15) is 0 Å². The summed E-state index contributed by atoms with van der Waals surface area (Å²) in [7, 11) is 0. The highest BCUT2D eigenvalue weighted by Crippen LogP contribution is 2.25. The van der Waals surface area contributed by atoms with E-state index in [2.05, 4.69) is 0 Å². The Bertz CT molecular complexity index is 425. The van der Waals surface area contributed by atoms with Gasteiger partial charge in [0.25, 0.3) is 5.91 Å². The van der Waals surface area contributed by atoms with Crippen molar-refractivity contribution >= 4 is 17.5 Å². The molecule has 1 aromatic heterocycles. The molecule has 0 radical (unpaired) electrons. The molecule has 3 nitrogen and oxygen atoms in total. The normalized spacial score (nSPS) is 20.5. The van der Waals surface area contributed by atoms with Crippen molar-refractivity contribution in [2.45, 2.75) is 32.6 Å². The summed E-state index contributed by atoms with van der Waals surface area (Å²) in [5, 5.41) is 0.0950. The third-order valence-corrected chi connectivity index (χ3v) is 3.55. The third-order valence-electron chi connectivity index (χ3n) is 3.19. The second kappa shape index (κ2) is 4.13. The lowest BCUT2D eigenvalue weighted by Crippen LogP contribution is -2.29. The zero-order valence-corrected chi connectivity index (χ0v) is 10.6. The van der Waals surface area contributed by atoms with Crippen LogP contribution in [-0.4, -0.2) is 29.3 Å². The maximum atomic E-state index is 12.3. The highest BCUT2D eigenvalue weighted by Gasteiger charge is 2.29. The van der Waals surface area contributed by atoms with E-state index >= 15 is 0 Å². The minimum absolute atomic E-state index is 0.0509. The van der Waals surface area contributed by atoms with Gasteiger partial charge >= 0.3 is 0 Å². The quantitative estimate of drug-likeness (QED) is 0.709. The van der Waals surface area contributed by atoms with E-state index < -0.39 is 0 Å². The standard InChI is InChI=1S/C12H16ClNO2/c1-7-8(2)16-9(3)11(7)12(15)14-5-4-10(13)6-14/h10H,4-6H2,1-3H3. The first-order valence-electron chi connectivity index (χ1n) is 5.50. The van der Waals surface area contributed by atoms with Crippen LogP contribution < -0.4 is 0 Å². The molecule has 16 heavy (non-hydrogen) atoms. The Hall–Kier alpha value is -0.960. The largest absolute Gasteiger partial charge is 0.466 e. The summed E-state index contributed by atoms with van der Waals surface area (Å²) in [5.74, 6) is 1.58. The van der Waals surface area contributed by atoms with E-state index in [9.17, 15) is 4.79 Å². The molecule has 0 N–H and O–H groups in total. The highest BCUT2D eigenvalue weighted by atomic mass is 35.5. The Morgan fingerprint density at radius 3 is 2.50 bits per heavy atom. The third kappa shape index (κ3) is 1.84. The van der Waals surface area contributed by atoms with Crippen LogP contribution in [0.1, 0.15) is 33.9 Å². The maximum absolute atomic E-state index is 12.3. The van der Waals surface area contributed by atoms with Crippen molar-refractivity contribution in [2.24, 2.45) is 0 Å². The molecule has 0 spiro atoms. The molecule has 1 aliphatic rings. The summed E-state index contributed by atoms with van der Waals surface area (Å²) >= 11 is 6.01. The van der Waals surface area contributed by atoms with Crippen LogP contribution in [0, 0.1) is 20.8 Å². The molecule has 1 amide bonds. The lowest BCUT2D eigenvalue weighted by molar-refractivity contribution is 0.0790. The first kappa shape index (κ1) is 11.5. The summed E-state index contributed by atoms with van der Waals surface area (Å²) in [4.78, 5) is 14.1. The Labute approximate surface area is 100 Å². The fraction of sp³-hybridized carbons (Fsp3) is 0.583. The number of hydrogen-bond acceptors (Lipinski definition) is 2. The molecule has 1 unspecified atom stereocenters. The number of amides is 1. The van der Waals surface area contributed by atoms with Crippen molar-refractivity contribution in [3.8, 4) is 0 Å². The van der Waals surface area contributed by atoms with Crippen LogP contribution >= 0.6 is 11.6 Å². The molecule has 1 fully saturated rings. The zero-order chi connectivity index (χ0) is 11.9. The summed E-state index contributed by atoms with van der Waals surface area (Å²) in [6, 6.07) is 0. The summed E-state index contributed by atoms with van der Waals surface area (Å²) in [6.07, 6.45) is 0.877. The van der Waals surface area contributed by atoms with Crippen LogP contribution in [0.4, 0.5) is 0 Å². The van der Waals surface area contributed by atoms with E-state index in [0.717, 1.165) is 24.3 Å². The van der Waals surface area contributed by atoms with Gasteiger partial charge in [0.2, 0.25) is 0 Å². The molecule has 88 valence electrons. The minimum atomic E-state index is 0.0509. The summed E-state index contributed by atoms with van der Waals surface area (Å²) < 4.78 is 5.47. The Balaban J connectivity index is 2.27. The van der Waals surface area contributed by atoms with Crippen molar-refractivity contribution in [3.63, 3.8) is 0 Å². The Morgan fingerprint density at radius 1 is 1.38 bits per heavy atom. The van der Waals surface area contributed by atoms with E-state index in [1.165, 1.54) is 0 Å². The summed E-state index contributed by atoms with van der Waals surface area (Å²) in [6.45, 7) is 7.03. The van der Waals surface area contributed by atoms with Gasteiger partial charge in [0.1, 0.15) is 11.5 Å². The van der Waals surface area contributed by atoms with Crippen molar-refractivity contribution in [1.82, 2.24) is 4.90 Å². The van der Waals surface area contributed by atoms with Crippen molar-refractivity contribution in [2.75, 3.05) is 13.1 Å². The number of likely N-dealkylation sites (tertiary alicyclic amines) is 1. The van der Waals surface area contributed by atoms with Gasteiger partial charge in [-0.15, -0.1) is 11.6 Å². The van der Waals surface area contributed by atoms with Crippen LogP contribution in [0.5, 0.6) is 0 Å². The second-order valence-electron chi connectivity index (χ2n) is 4.35. The molecule has 0 aliphatic carbocycles. The molecular weight excluding hydrogens is 226 g/mol. The topological polar surface area (TPSA) is 33.5 Å². The van der Waals surface area contributed by atoms with E-state index in [4.69, 9.17) is 16.0 Å². The van der Waals surface area contributed by atoms with Gasteiger partial charge in [0, 0.05) is 18.7 Å². The molecular formula is C12H16ClNO2. The molecule has 4 heteroatoms. The fourth-order valence-corrected chi connectivity index (χ4v) is 2.43. The zero-order valence-electron chi connectivity index (χ0n) is 9.84. The molecule has 1 aromatic rings. The average Bonchev–Trinajstić information content (AvgIpc) is 2.73. The number of furan rings is 1. The monoisotopic (exact) mass is 241 g/mol. The fourth-order valence-electron chi connectivity index (χ4n) is 2.17.